The van der Waals surface area contributed by atoms with Crippen LogP contribution in [0.15, 0.2) is 11.2 Å². The van der Waals surface area contributed by atoms with E-state index in [2.05, 4.69) is 39.5 Å². The average molecular weight is 437 g/mol. The number of halogens is 1. The number of rotatable bonds is 5. The first-order chi connectivity index (χ1) is 10.2. The van der Waals surface area contributed by atoms with Gasteiger partial charge in [0.25, 0.3) is 0 Å². The number of thiazole rings is 1. The Labute approximate surface area is 155 Å². The number of piperidine rings is 1. The Morgan fingerprint density at radius 1 is 1.41 bits per heavy atom. The topological polar surface area (TPSA) is 52.6 Å². The van der Waals surface area contributed by atoms with Gasteiger partial charge in [-0.3, -0.25) is 4.99 Å². The molecule has 1 aliphatic heterocycles. The van der Waals surface area contributed by atoms with Crippen molar-refractivity contribution in [1.82, 2.24) is 20.5 Å². The van der Waals surface area contributed by atoms with Gasteiger partial charge >= 0.3 is 0 Å². The van der Waals surface area contributed by atoms with E-state index in [9.17, 15) is 0 Å². The normalized spacial score (nSPS) is 17.1. The SMILES string of the molecule is CCc1cnc(CNC(=NC)NCC2CCN(C)CC2)s1.I. The van der Waals surface area contributed by atoms with Crippen LogP contribution in [0, 0.1) is 5.92 Å². The maximum atomic E-state index is 4.42. The number of aliphatic imine (C=N–C) groups is 1. The van der Waals surface area contributed by atoms with Crippen LogP contribution in [-0.4, -0.2) is 49.6 Å². The second-order valence-corrected chi connectivity index (χ2v) is 6.83. The van der Waals surface area contributed by atoms with Crippen LogP contribution in [0.4, 0.5) is 0 Å². The van der Waals surface area contributed by atoms with E-state index in [1.54, 1.807) is 11.3 Å². The third-order valence-corrected chi connectivity index (χ3v) is 5.12. The van der Waals surface area contributed by atoms with E-state index in [0.717, 1.165) is 36.4 Å². The van der Waals surface area contributed by atoms with Gasteiger partial charge in [0.1, 0.15) is 5.01 Å². The number of nitrogens with zero attached hydrogens (tertiary/aromatic N) is 3. The molecule has 1 aromatic rings. The standard InChI is InChI=1S/C15H27N5S.HI/c1-4-13-10-17-14(21-13)11-19-15(16-2)18-9-12-5-7-20(3)8-6-12;/h10,12H,4-9,11H2,1-3H3,(H2,16,18,19);1H. The van der Waals surface area contributed by atoms with E-state index in [4.69, 9.17) is 0 Å². The number of likely N-dealkylation sites (tertiary alicyclic amines) is 1. The largest absolute Gasteiger partial charge is 0.356 e. The van der Waals surface area contributed by atoms with E-state index in [0.29, 0.717) is 0 Å². The van der Waals surface area contributed by atoms with E-state index in [1.165, 1.54) is 30.8 Å². The Bertz CT molecular complexity index is 455. The Morgan fingerprint density at radius 3 is 2.73 bits per heavy atom. The lowest BCUT2D eigenvalue weighted by molar-refractivity contribution is 0.220. The van der Waals surface area contributed by atoms with E-state index in [1.807, 2.05) is 13.2 Å². The molecule has 0 saturated carbocycles. The number of guanidine groups is 1. The van der Waals surface area contributed by atoms with Crippen LogP contribution in [-0.2, 0) is 13.0 Å². The Morgan fingerprint density at radius 2 is 2.14 bits per heavy atom. The summed E-state index contributed by atoms with van der Waals surface area (Å²) in [6.07, 6.45) is 5.57. The van der Waals surface area contributed by atoms with Crippen LogP contribution in [0.25, 0.3) is 0 Å². The second-order valence-electron chi connectivity index (χ2n) is 5.63. The highest BCUT2D eigenvalue weighted by Crippen LogP contribution is 2.15. The molecule has 0 aromatic carbocycles. The van der Waals surface area contributed by atoms with Crippen LogP contribution >= 0.6 is 35.3 Å². The molecule has 0 bridgehead atoms. The molecule has 22 heavy (non-hydrogen) atoms. The monoisotopic (exact) mass is 437 g/mol. The van der Waals surface area contributed by atoms with Crippen LogP contribution in [0.1, 0.15) is 29.7 Å². The number of nitrogens with one attached hydrogen (secondary N) is 2. The molecule has 1 fully saturated rings. The molecule has 0 radical (unpaired) electrons. The van der Waals surface area contributed by atoms with Gasteiger partial charge in [-0.15, -0.1) is 35.3 Å². The van der Waals surface area contributed by atoms with Gasteiger partial charge in [0.15, 0.2) is 5.96 Å². The summed E-state index contributed by atoms with van der Waals surface area (Å²) in [5.74, 6) is 1.63. The van der Waals surface area contributed by atoms with Crippen molar-refractivity contribution in [1.29, 1.82) is 0 Å². The lowest BCUT2D eigenvalue weighted by Gasteiger charge is -2.29. The highest BCUT2D eigenvalue weighted by Gasteiger charge is 2.16. The minimum atomic E-state index is 0. The van der Waals surface area contributed by atoms with Gasteiger partial charge in [-0.1, -0.05) is 6.92 Å². The fourth-order valence-corrected chi connectivity index (χ4v) is 3.28. The van der Waals surface area contributed by atoms with Crippen molar-refractivity contribution in [3.63, 3.8) is 0 Å². The third kappa shape index (κ3) is 6.37. The smallest absolute Gasteiger partial charge is 0.191 e. The van der Waals surface area contributed by atoms with Crippen LogP contribution < -0.4 is 10.6 Å². The fraction of sp³-hybridized carbons (Fsp3) is 0.733. The Balaban J connectivity index is 0.00000242. The van der Waals surface area contributed by atoms with Crippen molar-refractivity contribution in [3.05, 3.63) is 16.1 Å². The number of hydrogen-bond acceptors (Lipinski definition) is 4. The summed E-state index contributed by atoms with van der Waals surface area (Å²) in [6.45, 7) is 6.32. The zero-order valence-electron chi connectivity index (χ0n) is 13.8. The zero-order valence-corrected chi connectivity index (χ0v) is 16.9. The molecular formula is C15H28IN5S. The minimum Gasteiger partial charge on any atom is -0.356 e. The lowest BCUT2D eigenvalue weighted by Crippen LogP contribution is -2.41. The minimum absolute atomic E-state index is 0. The van der Waals surface area contributed by atoms with E-state index in [-0.39, 0.29) is 24.0 Å². The molecule has 2 heterocycles. The van der Waals surface area contributed by atoms with E-state index < -0.39 is 0 Å². The molecule has 1 aliphatic rings. The quantitative estimate of drug-likeness (QED) is 0.422. The van der Waals surface area contributed by atoms with Gasteiger partial charge in [-0.25, -0.2) is 4.98 Å². The molecule has 0 unspecified atom stereocenters. The summed E-state index contributed by atoms with van der Waals surface area (Å²) in [5.41, 5.74) is 0. The molecule has 1 aromatic heterocycles. The summed E-state index contributed by atoms with van der Waals surface area (Å²) in [6, 6.07) is 0. The van der Waals surface area contributed by atoms with Gasteiger partial charge in [0, 0.05) is 24.7 Å². The third-order valence-electron chi connectivity index (χ3n) is 3.98. The van der Waals surface area contributed by atoms with Crippen molar-refractivity contribution in [2.45, 2.75) is 32.7 Å². The molecule has 0 amide bonds. The maximum absolute atomic E-state index is 4.42. The van der Waals surface area contributed by atoms with Crippen molar-refractivity contribution >= 4 is 41.3 Å². The molecule has 126 valence electrons. The molecule has 0 aliphatic carbocycles. The van der Waals surface area contributed by atoms with Crippen LogP contribution in [0.2, 0.25) is 0 Å². The zero-order chi connectivity index (χ0) is 15.1. The lowest BCUT2D eigenvalue weighted by atomic mass is 9.97. The first-order valence-electron chi connectivity index (χ1n) is 7.78. The first kappa shape index (κ1) is 19.6. The summed E-state index contributed by atoms with van der Waals surface area (Å²) in [4.78, 5) is 12.4. The molecular weight excluding hydrogens is 409 g/mol. The van der Waals surface area contributed by atoms with Crippen LogP contribution in [0.3, 0.4) is 0 Å². The Kier molecular flexibility index (Phi) is 9.27. The summed E-state index contributed by atoms with van der Waals surface area (Å²) in [7, 11) is 4.02. The highest BCUT2D eigenvalue weighted by atomic mass is 127. The summed E-state index contributed by atoms with van der Waals surface area (Å²) in [5, 5.41) is 7.91. The molecule has 0 spiro atoms. The van der Waals surface area contributed by atoms with Crippen LogP contribution in [0.5, 0.6) is 0 Å². The fourth-order valence-electron chi connectivity index (χ4n) is 2.48. The van der Waals surface area contributed by atoms with Gasteiger partial charge in [-0.2, -0.15) is 0 Å². The van der Waals surface area contributed by atoms with Crippen molar-refractivity contribution in [2.75, 3.05) is 33.7 Å². The van der Waals surface area contributed by atoms with Gasteiger partial charge in [-0.05, 0) is 45.3 Å². The summed E-state index contributed by atoms with van der Waals surface area (Å²) < 4.78 is 0. The van der Waals surface area contributed by atoms with Crippen molar-refractivity contribution < 1.29 is 0 Å². The van der Waals surface area contributed by atoms with Gasteiger partial charge in [0.05, 0.1) is 6.54 Å². The number of aryl methyl sites for hydroxylation is 1. The molecule has 1 saturated heterocycles. The second kappa shape index (κ2) is 10.4. The number of aromatic nitrogens is 1. The van der Waals surface area contributed by atoms with Gasteiger partial charge in [0.2, 0.25) is 0 Å². The highest BCUT2D eigenvalue weighted by molar-refractivity contribution is 14.0. The first-order valence-corrected chi connectivity index (χ1v) is 8.59. The number of hydrogen-bond donors (Lipinski definition) is 2. The average Bonchev–Trinajstić information content (AvgIpc) is 2.97. The maximum Gasteiger partial charge on any atom is 0.191 e. The molecule has 2 N–H and O–H groups in total. The van der Waals surface area contributed by atoms with Crippen molar-refractivity contribution in [2.24, 2.45) is 10.9 Å². The predicted octanol–water partition coefficient (Wildman–Crippen LogP) is 2.33. The molecule has 2 rings (SSSR count). The predicted molar refractivity (Wildman–Crippen MR) is 105 cm³/mol. The molecule has 5 nitrogen and oxygen atoms in total. The summed E-state index contributed by atoms with van der Waals surface area (Å²) >= 11 is 1.77. The van der Waals surface area contributed by atoms with E-state index >= 15 is 0 Å². The molecule has 0 atom stereocenters. The van der Waals surface area contributed by atoms with Crippen molar-refractivity contribution in [3.8, 4) is 0 Å². The Hall–Kier alpha value is -0.410. The van der Waals surface area contributed by atoms with Gasteiger partial charge < -0.3 is 15.5 Å². The molecule has 7 heteroatoms.